The van der Waals surface area contributed by atoms with Gasteiger partial charge in [-0.25, -0.2) is 4.79 Å². The van der Waals surface area contributed by atoms with E-state index >= 15 is 0 Å². The average molecular weight is 314 g/mol. The van der Waals surface area contributed by atoms with Crippen LogP contribution in [0, 0.1) is 5.41 Å². The summed E-state index contributed by atoms with van der Waals surface area (Å²) >= 11 is 3.47. The average Bonchev–Trinajstić information content (AvgIpc) is 2.26. The molecule has 3 nitrogen and oxygen atoms in total. The first kappa shape index (κ1) is 15.0. The van der Waals surface area contributed by atoms with Crippen molar-refractivity contribution in [2.75, 3.05) is 11.9 Å². The van der Waals surface area contributed by atoms with Gasteiger partial charge in [0, 0.05) is 10.2 Å². The van der Waals surface area contributed by atoms with Crippen LogP contribution in [0.1, 0.15) is 27.7 Å². The van der Waals surface area contributed by atoms with Gasteiger partial charge in [0.05, 0.1) is 6.61 Å². The third kappa shape index (κ3) is 4.02. The van der Waals surface area contributed by atoms with Gasteiger partial charge in [-0.2, -0.15) is 0 Å². The molecule has 1 atom stereocenters. The minimum absolute atomic E-state index is 0.221. The van der Waals surface area contributed by atoms with Crippen LogP contribution < -0.4 is 5.32 Å². The third-order valence-corrected chi connectivity index (χ3v) is 3.25. The lowest BCUT2D eigenvalue weighted by atomic mass is 9.86. The second kappa shape index (κ2) is 6.23. The lowest BCUT2D eigenvalue weighted by Crippen LogP contribution is -2.42. The monoisotopic (exact) mass is 313 g/mol. The fraction of sp³-hybridized carbons (Fsp3) is 0.500. The Hall–Kier alpha value is -1.03. The predicted molar refractivity (Wildman–Crippen MR) is 77.6 cm³/mol. The van der Waals surface area contributed by atoms with Crippen LogP contribution in [0.25, 0.3) is 0 Å². The predicted octanol–water partition coefficient (Wildman–Crippen LogP) is 3.84. The zero-order chi connectivity index (χ0) is 13.8. The Kier molecular flexibility index (Phi) is 5.20. The fourth-order valence-corrected chi connectivity index (χ4v) is 1.99. The lowest BCUT2D eigenvalue weighted by Gasteiger charge is -2.30. The Morgan fingerprint density at radius 3 is 2.50 bits per heavy atom. The summed E-state index contributed by atoms with van der Waals surface area (Å²) in [5.74, 6) is -0.222. The molecule has 1 aromatic rings. The van der Waals surface area contributed by atoms with Crippen molar-refractivity contribution >= 4 is 27.6 Å². The molecule has 0 heterocycles. The number of ether oxygens (including phenoxy) is 1. The molecular formula is C14H20BrNO2. The van der Waals surface area contributed by atoms with Crippen molar-refractivity contribution < 1.29 is 9.53 Å². The summed E-state index contributed by atoms with van der Waals surface area (Å²) < 4.78 is 6.06. The standard InChI is InChI=1S/C14H20BrNO2/c1-5-18-13(17)12(14(2,3)4)16-11-9-7-6-8-10(11)15/h6-9,12,16H,5H2,1-4H3. The fourth-order valence-electron chi connectivity index (χ4n) is 1.59. The quantitative estimate of drug-likeness (QED) is 0.858. The molecule has 0 fully saturated rings. The molecule has 1 N–H and O–H groups in total. The van der Waals surface area contributed by atoms with Crippen LogP contribution in [-0.2, 0) is 9.53 Å². The molecule has 100 valence electrons. The number of hydrogen-bond acceptors (Lipinski definition) is 3. The molecule has 0 aromatic heterocycles. The second-order valence-electron chi connectivity index (χ2n) is 5.18. The number of nitrogens with one attached hydrogen (secondary N) is 1. The summed E-state index contributed by atoms with van der Waals surface area (Å²) in [6, 6.07) is 7.36. The van der Waals surface area contributed by atoms with Crippen LogP contribution in [0.3, 0.4) is 0 Å². The minimum Gasteiger partial charge on any atom is -0.464 e. The summed E-state index contributed by atoms with van der Waals surface area (Å²) in [4.78, 5) is 12.0. The Morgan fingerprint density at radius 2 is 2.00 bits per heavy atom. The first-order chi connectivity index (χ1) is 8.36. The van der Waals surface area contributed by atoms with E-state index in [4.69, 9.17) is 4.74 Å². The number of halogens is 1. The van der Waals surface area contributed by atoms with E-state index in [9.17, 15) is 4.79 Å². The number of carbonyl (C=O) groups excluding carboxylic acids is 1. The van der Waals surface area contributed by atoms with Gasteiger partial charge in [-0.15, -0.1) is 0 Å². The summed E-state index contributed by atoms with van der Waals surface area (Å²) in [5.41, 5.74) is 0.673. The van der Waals surface area contributed by atoms with Crippen molar-refractivity contribution in [3.8, 4) is 0 Å². The highest BCUT2D eigenvalue weighted by atomic mass is 79.9. The third-order valence-electron chi connectivity index (χ3n) is 2.56. The van der Waals surface area contributed by atoms with Crippen LogP contribution in [0.5, 0.6) is 0 Å². The highest BCUT2D eigenvalue weighted by Crippen LogP contribution is 2.28. The topological polar surface area (TPSA) is 38.3 Å². The number of anilines is 1. The molecule has 0 aliphatic rings. The summed E-state index contributed by atoms with van der Waals surface area (Å²) in [7, 11) is 0. The van der Waals surface area contributed by atoms with Crippen LogP contribution in [0.2, 0.25) is 0 Å². The zero-order valence-corrected chi connectivity index (χ0v) is 12.9. The van der Waals surface area contributed by atoms with E-state index < -0.39 is 0 Å². The molecule has 0 bridgehead atoms. The molecule has 0 saturated heterocycles. The van der Waals surface area contributed by atoms with E-state index in [2.05, 4.69) is 21.2 Å². The maximum Gasteiger partial charge on any atom is 0.329 e. The molecule has 1 unspecified atom stereocenters. The van der Waals surface area contributed by atoms with E-state index in [0.717, 1.165) is 10.2 Å². The van der Waals surface area contributed by atoms with Gasteiger partial charge in [0.1, 0.15) is 6.04 Å². The van der Waals surface area contributed by atoms with Gasteiger partial charge in [0.15, 0.2) is 0 Å². The number of para-hydroxylation sites is 1. The van der Waals surface area contributed by atoms with Crippen molar-refractivity contribution in [2.24, 2.45) is 5.41 Å². The molecule has 0 aliphatic heterocycles. The summed E-state index contributed by atoms with van der Waals surface area (Å²) in [5, 5.41) is 3.25. The van der Waals surface area contributed by atoms with Gasteiger partial charge in [0.2, 0.25) is 0 Å². The summed E-state index contributed by atoms with van der Waals surface area (Å²) in [6.07, 6.45) is 0. The van der Waals surface area contributed by atoms with E-state index in [0.29, 0.717) is 6.61 Å². The van der Waals surface area contributed by atoms with Crippen LogP contribution >= 0.6 is 15.9 Å². The number of esters is 1. The zero-order valence-electron chi connectivity index (χ0n) is 11.3. The first-order valence-electron chi connectivity index (χ1n) is 6.04. The number of hydrogen-bond donors (Lipinski definition) is 1. The molecule has 1 rings (SSSR count). The smallest absolute Gasteiger partial charge is 0.329 e. The van der Waals surface area contributed by atoms with Crippen molar-refractivity contribution in [3.63, 3.8) is 0 Å². The SMILES string of the molecule is CCOC(=O)C(Nc1ccccc1Br)C(C)(C)C. The van der Waals surface area contributed by atoms with Crippen molar-refractivity contribution in [1.29, 1.82) is 0 Å². The maximum absolute atomic E-state index is 12.0. The Balaban J connectivity index is 2.93. The molecule has 18 heavy (non-hydrogen) atoms. The van der Waals surface area contributed by atoms with Crippen molar-refractivity contribution in [1.82, 2.24) is 0 Å². The molecule has 0 spiro atoms. The van der Waals surface area contributed by atoms with Crippen molar-refractivity contribution in [2.45, 2.75) is 33.7 Å². The highest BCUT2D eigenvalue weighted by Gasteiger charge is 2.32. The van der Waals surface area contributed by atoms with E-state index in [1.54, 1.807) is 0 Å². The molecule has 0 radical (unpaired) electrons. The van der Waals surface area contributed by atoms with Gasteiger partial charge >= 0.3 is 5.97 Å². The van der Waals surface area contributed by atoms with Crippen LogP contribution in [0.15, 0.2) is 28.7 Å². The number of rotatable bonds is 4. The molecule has 0 amide bonds. The lowest BCUT2D eigenvalue weighted by molar-refractivity contribution is -0.146. The van der Waals surface area contributed by atoms with E-state index in [1.807, 2.05) is 52.0 Å². The maximum atomic E-state index is 12.0. The Morgan fingerprint density at radius 1 is 1.39 bits per heavy atom. The largest absolute Gasteiger partial charge is 0.464 e. The molecule has 0 aliphatic carbocycles. The van der Waals surface area contributed by atoms with Crippen molar-refractivity contribution in [3.05, 3.63) is 28.7 Å². The molecule has 4 heteroatoms. The van der Waals surface area contributed by atoms with E-state index in [-0.39, 0.29) is 17.4 Å². The van der Waals surface area contributed by atoms with Crippen LogP contribution in [-0.4, -0.2) is 18.6 Å². The van der Waals surface area contributed by atoms with Crippen LogP contribution in [0.4, 0.5) is 5.69 Å². The van der Waals surface area contributed by atoms with Gasteiger partial charge in [-0.1, -0.05) is 32.9 Å². The highest BCUT2D eigenvalue weighted by molar-refractivity contribution is 9.10. The molecule has 0 saturated carbocycles. The normalized spacial score (nSPS) is 12.9. The molecular weight excluding hydrogens is 294 g/mol. The second-order valence-corrected chi connectivity index (χ2v) is 6.03. The number of benzene rings is 1. The van der Waals surface area contributed by atoms with Gasteiger partial charge < -0.3 is 10.1 Å². The van der Waals surface area contributed by atoms with Gasteiger partial charge in [-0.05, 0) is 40.4 Å². The van der Waals surface area contributed by atoms with E-state index in [1.165, 1.54) is 0 Å². The van der Waals surface area contributed by atoms with Gasteiger partial charge in [0.25, 0.3) is 0 Å². The summed E-state index contributed by atoms with van der Waals surface area (Å²) in [6.45, 7) is 8.24. The minimum atomic E-state index is -0.379. The number of carbonyl (C=O) groups is 1. The Labute approximate surface area is 117 Å². The first-order valence-corrected chi connectivity index (χ1v) is 6.83. The van der Waals surface area contributed by atoms with Gasteiger partial charge in [-0.3, -0.25) is 0 Å². The molecule has 1 aromatic carbocycles. The Bertz CT molecular complexity index is 413.